The summed E-state index contributed by atoms with van der Waals surface area (Å²) in [4.78, 5) is 10.1. The monoisotopic (exact) mass is 152 g/mol. The molecule has 0 saturated carbocycles. The minimum atomic E-state index is -0.810. The van der Waals surface area contributed by atoms with Crippen molar-refractivity contribution < 1.29 is 9.90 Å². The second-order valence-electron chi connectivity index (χ2n) is 1.63. The summed E-state index contributed by atoms with van der Waals surface area (Å²) in [5.41, 5.74) is 0.477. The Kier molecular flexibility index (Phi) is 4.19. The third-order valence-electron chi connectivity index (χ3n) is 1.05. The van der Waals surface area contributed by atoms with Crippen LogP contribution >= 0.6 is 0 Å². The van der Waals surface area contributed by atoms with E-state index in [0.29, 0.717) is 12.0 Å². The molecule has 0 unspecified atom stereocenters. The van der Waals surface area contributed by atoms with Crippen LogP contribution in [0.4, 0.5) is 0 Å². The van der Waals surface area contributed by atoms with Crippen molar-refractivity contribution >= 4 is 43.7 Å². The van der Waals surface area contributed by atoms with E-state index in [9.17, 15) is 4.79 Å². The van der Waals surface area contributed by atoms with E-state index in [4.69, 9.17) is 5.11 Å². The molecule has 0 aromatic rings. The fourth-order valence-corrected chi connectivity index (χ4v) is 0.606. The van der Waals surface area contributed by atoms with Crippen LogP contribution in [0.5, 0.6) is 0 Å². The van der Waals surface area contributed by atoms with E-state index in [2.05, 4.69) is 0 Å². The maximum atomic E-state index is 10.1. The Labute approximate surface area is 83.3 Å². The summed E-state index contributed by atoms with van der Waals surface area (Å²) in [5, 5.41) is 8.30. The van der Waals surface area contributed by atoms with E-state index in [-0.39, 0.29) is 37.7 Å². The molecule has 0 amide bonds. The quantitative estimate of drug-likeness (QED) is 0.539. The number of rotatable bonds is 1. The molecule has 2 nitrogen and oxygen atoms in total. The van der Waals surface area contributed by atoms with Gasteiger partial charge in [0.25, 0.3) is 0 Å². The molecule has 0 fully saturated rings. The molecule has 0 bridgehead atoms. The van der Waals surface area contributed by atoms with E-state index < -0.39 is 5.97 Å². The van der Waals surface area contributed by atoms with Gasteiger partial charge in [-0.3, -0.25) is 0 Å². The van der Waals surface area contributed by atoms with Gasteiger partial charge in [0.05, 0.1) is 0 Å². The van der Waals surface area contributed by atoms with Crippen molar-refractivity contribution in [3.8, 4) is 0 Å². The fourth-order valence-electron chi connectivity index (χ4n) is 0.606. The summed E-state index contributed by atoms with van der Waals surface area (Å²) in [7, 11) is 0. The van der Waals surface area contributed by atoms with Crippen LogP contribution in [-0.4, -0.2) is 48.8 Å². The number of aliphatic carboxylic acids is 1. The van der Waals surface area contributed by atoms with E-state index in [1.54, 1.807) is 12.2 Å². The zero-order valence-electron chi connectivity index (χ0n) is 4.29. The van der Waals surface area contributed by atoms with Crippen LogP contribution in [-0.2, 0) is 4.79 Å². The first-order valence-corrected chi connectivity index (χ1v) is 2.39. The molecule has 1 aliphatic carbocycles. The summed E-state index contributed by atoms with van der Waals surface area (Å²) < 4.78 is 0. The Hall–Kier alpha value is 0.210. The number of hydrogen-bond acceptors (Lipinski definition) is 1. The van der Waals surface area contributed by atoms with Crippen LogP contribution < -0.4 is 0 Å². The topological polar surface area (TPSA) is 37.3 Å². The molecule has 1 N–H and O–H groups in total. The predicted octanol–water partition coefficient (Wildman–Crippen LogP) is 0.0411. The van der Waals surface area contributed by atoms with Gasteiger partial charge in [-0.05, 0) is 6.42 Å². The first kappa shape index (κ1) is 9.21. The van der Waals surface area contributed by atoms with Gasteiger partial charge in [-0.15, -0.1) is 0 Å². The standard InChI is InChI=1S/C6H6O2.Ca.2H/c7-6(8)5-3-1-2-4-5;;;/h1-3H,4H2,(H,7,8);;;. The van der Waals surface area contributed by atoms with Gasteiger partial charge in [-0.25, -0.2) is 4.79 Å². The zero-order valence-corrected chi connectivity index (χ0v) is 4.29. The van der Waals surface area contributed by atoms with E-state index in [1.165, 1.54) is 0 Å². The van der Waals surface area contributed by atoms with Crippen LogP contribution in [0.15, 0.2) is 23.8 Å². The maximum absolute atomic E-state index is 10.1. The molecule has 46 valence electrons. The molecule has 0 heterocycles. The molecule has 0 aromatic carbocycles. The molecule has 3 heteroatoms. The van der Waals surface area contributed by atoms with Crippen molar-refractivity contribution in [1.82, 2.24) is 0 Å². The van der Waals surface area contributed by atoms with E-state index in [0.717, 1.165) is 0 Å². The molecule has 0 spiro atoms. The third-order valence-corrected chi connectivity index (χ3v) is 1.05. The van der Waals surface area contributed by atoms with Gasteiger partial charge in [-0.1, -0.05) is 18.2 Å². The summed E-state index contributed by atoms with van der Waals surface area (Å²) in [6.07, 6.45) is 5.77. The molecule has 1 aliphatic rings. The Morgan fingerprint density at radius 1 is 1.67 bits per heavy atom. The first-order valence-electron chi connectivity index (χ1n) is 2.39. The number of carboxylic acid groups (broad SMARTS) is 1. The van der Waals surface area contributed by atoms with Gasteiger partial charge < -0.3 is 5.11 Å². The minimum absolute atomic E-state index is 0. The average molecular weight is 152 g/mol. The van der Waals surface area contributed by atoms with Gasteiger partial charge >= 0.3 is 43.7 Å². The van der Waals surface area contributed by atoms with Crippen LogP contribution in [0, 0.1) is 0 Å². The molecule has 9 heavy (non-hydrogen) atoms. The normalized spacial score (nSPS) is 14.4. The van der Waals surface area contributed by atoms with Gasteiger partial charge in [0.1, 0.15) is 0 Å². The average Bonchev–Trinajstić information content (AvgIpc) is 2.12. The Morgan fingerprint density at radius 2 is 2.33 bits per heavy atom. The molecular formula is C6H8CaO2. The van der Waals surface area contributed by atoms with Crippen molar-refractivity contribution in [3.05, 3.63) is 23.8 Å². The second kappa shape index (κ2) is 4.09. The molecular weight excluding hydrogens is 144 g/mol. The molecule has 0 aromatic heterocycles. The summed E-state index contributed by atoms with van der Waals surface area (Å²) >= 11 is 0. The Bertz CT molecular complexity index is 170. The molecule has 0 aliphatic heterocycles. The van der Waals surface area contributed by atoms with Crippen LogP contribution in [0.2, 0.25) is 0 Å². The summed E-state index contributed by atoms with van der Waals surface area (Å²) in [6, 6.07) is 0. The van der Waals surface area contributed by atoms with Crippen LogP contribution in [0.1, 0.15) is 6.42 Å². The fraction of sp³-hybridized carbons (Fsp3) is 0.167. The van der Waals surface area contributed by atoms with Crippen molar-refractivity contribution in [1.29, 1.82) is 0 Å². The summed E-state index contributed by atoms with van der Waals surface area (Å²) in [6.45, 7) is 0. The molecule has 1 rings (SSSR count). The van der Waals surface area contributed by atoms with Crippen LogP contribution in [0.3, 0.4) is 0 Å². The van der Waals surface area contributed by atoms with E-state index >= 15 is 0 Å². The number of carboxylic acids is 1. The van der Waals surface area contributed by atoms with Gasteiger partial charge in [0, 0.05) is 5.57 Å². The molecule has 0 radical (unpaired) electrons. The number of carbonyl (C=O) groups is 1. The zero-order chi connectivity index (χ0) is 5.98. The second-order valence-corrected chi connectivity index (χ2v) is 1.63. The van der Waals surface area contributed by atoms with Gasteiger partial charge in [0.15, 0.2) is 0 Å². The van der Waals surface area contributed by atoms with Crippen molar-refractivity contribution in [2.24, 2.45) is 0 Å². The molecule has 0 saturated heterocycles. The van der Waals surface area contributed by atoms with Crippen molar-refractivity contribution in [2.45, 2.75) is 6.42 Å². The number of hydrogen-bond donors (Lipinski definition) is 1. The van der Waals surface area contributed by atoms with Crippen molar-refractivity contribution in [3.63, 3.8) is 0 Å². The van der Waals surface area contributed by atoms with Gasteiger partial charge in [-0.2, -0.15) is 0 Å². The van der Waals surface area contributed by atoms with Crippen LogP contribution in [0.25, 0.3) is 0 Å². The van der Waals surface area contributed by atoms with E-state index in [1.807, 2.05) is 6.08 Å². The Morgan fingerprint density at radius 3 is 2.56 bits per heavy atom. The van der Waals surface area contributed by atoms with Gasteiger partial charge in [0.2, 0.25) is 0 Å². The van der Waals surface area contributed by atoms with Crippen molar-refractivity contribution in [2.75, 3.05) is 0 Å². The molecule has 0 atom stereocenters. The predicted molar refractivity (Wildman–Crippen MR) is 38.0 cm³/mol. The SMILES string of the molecule is O=C(O)C1=CC=CC1.[CaH2]. The Balaban J connectivity index is 0.000000640. The number of allylic oxidation sites excluding steroid dienone is 3. The third kappa shape index (κ3) is 2.52. The first-order chi connectivity index (χ1) is 3.80. The summed E-state index contributed by atoms with van der Waals surface area (Å²) in [5.74, 6) is -0.810.